The molecule has 0 radical (unpaired) electrons. The van der Waals surface area contributed by atoms with E-state index in [1.54, 1.807) is 67.4 Å². The molecule has 0 fully saturated rings. The summed E-state index contributed by atoms with van der Waals surface area (Å²) in [5.74, 6) is 0.626. The molecule has 0 spiro atoms. The average Bonchev–Trinajstić information content (AvgIpc) is 3.38. The molecule has 47 heavy (non-hydrogen) atoms. The zero-order chi connectivity index (χ0) is 32.8. The van der Waals surface area contributed by atoms with E-state index < -0.39 is 17.3 Å². The van der Waals surface area contributed by atoms with Crippen molar-refractivity contribution in [3.05, 3.63) is 94.4 Å². The number of hydrogen-bond acceptors (Lipinski definition) is 9. The van der Waals surface area contributed by atoms with Gasteiger partial charge in [-0.2, -0.15) is 0 Å². The Balaban J connectivity index is 1.22. The lowest BCUT2D eigenvalue weighted by atomic mass is 10.1. The van der Waals surface area contributed by atoms with Crippen molar-refractivity contribution in [3.63, 3.8) is 0 Å². The summed E-state index contributed by atoms with van der Waals surface area (Å²) in [6.45, 7) is 1.95. The number of nitrogens with zero attached hydrogens (tertiary/aromatic N) is 4. The normalized spacial score (nSPS) is 12.5. The van der Waals surface area contributed by atoms with Crippen molar-refractivity contribution in [1.82, 2.24) is 19.3 Å². The van der Waals surface area contributed by atoms with E-state index in [0.717, 1.165) is 12.8 Å². The maximum Gasteiger partial charge on any atom is 0.284 e. The molecule has 0 saturated carbocycles. The summed E-state index contributed by atoms with van der Waals surface area (Å²) in [5.41, 5.74) is 1.20. The first kappa shape index (κ1) is 31.7. The first-order valence-electron chi connectivity index (χ1n) is 15.2. The van der Waals surface area contributed by atoms with Gasteiger partial charge in [-0.25, -0.2) is 19.0 Å². The summed E-state index contributed by atoms with van der Waals surface area (Å²) in [6.07, 6.45) is 3.58. The maximum absolute atomic E-state index is 14.7. The Morgan fingerprint density at radius 3 is 2.36 bits per heavy atom. The van der Waals surface area contributed by atoms with Gasteiger partial charge in [0.05, 0.1) is 29.8 Å². The summed E-state index contributed by atoms with van der Waals surface area (Å²) < 4.78 is 45.8. The van der Waals surface area contributed by atoms with Crippen LogP contribution in [0.3, 0.4) is 0 Å². The van der Waals surface area contributed by atoms with Crippen LogP contribution in [-0.4, -0.2) is 65.9 Å². The van der Waals surface area contributed by atoms with Gasteiger partial charge in [0.15, 0.2) is 11.5 Å². The molecule has 3 heterocycles. The van der Waals surface area contributed by atoms with E-state index in [2.05, 4.69) is 15.3 Å². The number of para-hydroxylation sites is 1. The van der Waals surface area contributed by atoms with Crippen LogP contribution < -0.4 is 25.1 Å². The number of halogens is 1. The van der Waals surface area contributed by atoms with Crippen LogP contribution in [0.5, 0.6) is 23.1 Å². The van der Waals surface area contributed by atoms with Crippen LogP contribution in [0, 0.1) is 5.82 Å². The highest BCUT2D eigenvalue weighted by atomic mass is 19.1. The van der Waals surface area contributed by atoms with E-state index in [4.69, 9.17) is 23.7 Å². The summed E-state index contributed by atoms with van der Waals surface area (Å²) in [7, 11) is 3.19. The summed E-state index contributed by atoms with van der Waals surface area (Å²) in [5, 5.41) is 3.42. The summed E-state index contributed by atoms with van der Waals surface area (Å²) >= 11 is 0. The number of fused-ring (bicyclic) bond motifs is 2. The minimum atomic E-state index is -0.560. The predicted octanol–water partition coefficient (Wildman–Crippen LogP) is 5.15. The van der Waals surface area contributed by atoms with Crippen molar-refractivity contribution in [2.75, 3.05) is 46.0 Å². The third-order valence-corrected chi connectivity index (χ3v) is 7.67. The molecular formula is C34H34FN5O7. The van der Waals surface area contributed by atoms with Gasteiger partial charge >= 0.3 is 0 Å². The van der Waals surface area contributed by atoms with E-state index in [1.807, 2.05) is 0 Å². The van der Waals surface area contributed by atoms with Crippen molar-refractivity contribution in [1.29, 1.82) is 0 Å². The monoisotopic (exact) mass is 643 g/mol. The number of carbonyl (C=O) groups excluding carboxylic acids is 1. The lowest BCUT2D eigenvalue weighted by molar-refractivity contribution is 0.102. The highest BCUT2D eigenvalue weighted by molar-refractivity contribution is 6.05. The molecule has 0 aliphatic carbocycles. The lowest BCUT2D eigenvalue weighted by Crippen LogP contribution is -2.26. The molecular weight excluding hydrogens is 609 g/mol. The van der Waals surface area contributed by atoms with Crippen molar-refractivity contribution < 1.29 is 32.9 Å². The SMILES string of the molecule is COCCOc1cc2ncnc(Oc3ccc(NC(=O)c4c5n(n(-c6ccccc6F)c4=O)CCCC5)cc3)c2cc1OCCOC. The van der Waals surface area contributed by atoms with Crippen LogP contribution in [0.15, 0.2) is 71.8 Å². The highest BCUT2D eigenvalue weighted by Gasteiger charge is 2.28. The second-order valence-electron chi connectivity index (χ2n) is 10.7. The van der Waals surface area contributed by atoms with Gasteiger partial charge in [-0.3, -0.25) is 14.3 Å². The number of ether oxygens (including phenoxy) is 5. The quantitative estimate of drug-likeness (QED) is 0.173. The largest absolute Gasteiger partial charge is 0.487 e. The molecule has 244 valence electrons. The van der Waals surface area contributed by atoms with Gasteiger partial charge in [0, 0.05) is 32.5 Å². The van der Waals surface area contributed by atoms with E-state index in [0.29, 0.717) is 84.8 Å². The van der Waals surface area contributed by atoms with E-state index in [1.165, 1.54) is 23.1 Å². The zero-order valence-electron chi connectivity index (χ0n) is 26.0. The molecule has 13 heteroatoms. The van der Waals surface area contributed by atoms with E-state index >= 15 is 0 Å². The van der Waals surface area contributed by atoms with Crippen molar-refractivity contribution >= 4 is 22.5 Å². The Hall–Kier alpha value is -5.27. The molecule has 1 N–H and O–H groups in total. The zero-order valence-corrected chi connectivity index (χ0v) is 26.0. The minimum absolute atomic E-state index is 0.00910. The molecule has 0 atom stereocenters. The average molecular weight is 644 g/mol. The van der Waals surface area contributed by atoms with Crippen molar-refractivity contribution in [3.8, 4) is 28.8 Å². The van der Waals surface area contributed by atoms with E-state index in [9.17, 15) is 14.0 Å². The molecule has 12 nitrogen and oxygen atoms in total. The number of methoxy groups -OCH3 is 2. The molecule has 2 aromatic heterocycles. The fraction of sp³-hybridized carbons (Fsp3) is 0.294. The number of aromatic nitrogens is 4. The Kier molecular flexibility index (Phi) is 9.74. The van der Waals surface area contributed by atoms with Crippen LogP contribution in [0.1, 0.15) is 28.9 Å². The molecule has 0 bridgehead atoms. The minimum Gasteiger partial charge on any atom is -0.487 e. The Morgan fingerprint density at radius 1 is 0.915 bits per heavy atom. The molecule has 0 saturated heterocycles. The topological polar surface area (TPSA) is 128 Å². The lowest BCUT2D eigenvalue weighted by Gasteiger charge is -2.19. The second-order valence-corrected chi connectivity index (χ2v) is 10.7. The number of benzene rings is 3. The fourth-order valence-corrected chi connectivity index (χ4v) is 5.45. The fourth-order valence-electron chi connectivity index (χ4n) is 5.45. The number of hydrogen-bond donors (Lipinski definition) is 1. The third-order valence-electron chi connectivity index (χ3n) is 7.67. The van der Waals surface area contributed by atoms with Crippen LogP contribution in [0.25, 0.3) is 16.6 Å². The number of nitrogens with one attached hydrogen (secondary N) is 1. The molecule has 3 aromatic carbocycles. The number of anilines is 1. The summed E-state index contributed by atoms with van der Waals surface area (Å²) in [6, 6.07) is 16.2. The highest BCUT2D eigenvalue weighted by Crippen LogP contribution is 2.36. The smallest absolute Gasteiger partial charge is 0.284 e. The van der Waals surface area contributed by atoms with Gasteiger partial charge in [-0.05, 0) is 61.7 Å². The Morgan fingerprint density at radius 2 is 1.64 bits per heavy atom. The Labute approximate surface area is 269 Å². The van der Waals surface area contributed by atoms with Gasteiger partial charge in [0.1, 0.15) is 42.4 Å². The third kappa shape index (κ3) is 6.81. The molecule has 1 amide bonds. The first-order valence-corrected chi connectivity index (χ1v) is 15.2. The standard InChI is InChI=1S/C34H34FN5O7/c1-43-15-17-45-29-19-24-26(20-30(29)46-18-16-44-2)36-21-37-33(24)47-23-12-10-22(11-13-23)38-32(41)31-28-9-5-6-14-39(28)40(34(31)42)27-8-4-3-7-25(27)35/h3-4,7-8,10-13,19-21H,5-6,9,14-18H2,1-2H3,(H,38,41). The number of rotatable bonds is 13. The number of carbonyl (C=O) groups is 1. The molecule has 0 unspecified atom stereocenters. The van der Waals surface area contributed by atoms with Crippen LogP contribution in [0.2, 0.25) is 0 Å². The van der Waals surface area contributed by atoms with Gasteiger partial charge in [-0.15, -0.1) is 0 Å². The second kappa shape index (κ2) is 14.4. The molecule has 1 aliphatic heterocycles. The van der Waals surface area contributed by atoms with Crippen LogP contribution >= 0.6 is 0 Å². The molecule has 6 rings (SSSR count). The number of amides is 1. The van der Waals surface area contributed by atoms with Gasteiger partial charge in [0.25, 0.3) is 11.5 Å². The van der Waals surface area contributed by atoms with Crippen LogP contribution in [-0.2, 0) is 22.4 Å². The van der Waals surface area contributed by atoms with Gasteiger partial charge in [0.2, 0.25) is 5.88 Å². The molecule has 5 aromatic rings. The van der Waals surface area contributed by atoms with Crippen LogP contribution in [0.4, 0.5) is 10.1 Å². The van der Waals surface area contributed by atoms with E-state index in [-0.39, 0.29) is 11.3 Å². The maximum atomic E-state index is 14.7. The Bertz CT molecular complexity index is 1940. The predicted molar refractivity (Wildman–Crippen MR) is 172 cm³/mol. The van der Waals surface area contributed by atoms with Crippen molar-refractivity contribution in [2.24, 2.45) is 0 Å². The van der Waals surface area contributed by atoms with Gasteiger partial charge in [-0.1, -0.05) is 12.1 Å². The molecule has 1 aliphatic rings. The summed E-state index contributed by atoms with van der Waals surface area (Å²) in [4.78, 5) is 35.7. The first-order chi connectivity index (χ1) is 23.0. The van der Waals surface area contributed by atoms with Gasteiger partial charge < -0.3 is 29.0 Å². The van der Waals surface area contributed by atoms with Crippen molar-refractivity contribution in [2.45, 2.75) is 25.8 Å².